The number of fused-ring (bicyclic) bond motifs is 1. The first-order chi connectivity index (χ1) is 13.5. The van der Waals surface area contributed by atoms with Gasteiger partial charge in [-0.2, -0.15) is 5.10 Å². The van der Waals surface area contributed by atoms with Crippen molar-refractivity contribution in [2.24, 2.45) is 0 Å². The molecule has 1 aliphatic rings. The summed E-state index contributed by atoms with van der Waals surface area (Å²) in [6.07, 6.45) is 0. The van der Waals surface area contributed by atoms with Crippen molar-refractivity contribution >= 4 is 39.1 Å². The Kier molecular flexibility index (Phi) is 4.60. The zero-order chi connectivity index (χ0) is 19.8. The van der Waals surface area contributed by atoms with E-state index in [0.29, 0.717) is 39.8 Å². The van der Waals surface area contributed by atoms with Gasteiger partial charge in [0, 0.05) is 24.0 Å². The third kappa shape index (κ3) is 3.24. The lowest BCUT2D eigenvalue weighted by Gasteiger charge is -2.39. The van der Waals surface area contributed by atoms with Crippen molar-refractivity contribution in [1.82, 2.24) is 20.4 Å². The van der Waals surface area contributed by atoms with Gasteiger partial charge in [-0.05, 0) is 37.3 Å². The van der Waals surface area contributed by atoms with Crippen LogP contribution in [0.5, 0.6) is 5.75 Å². The molecule has 0 bridgehead atoms. The van der Waals surface area contributed by atoms with Gasteiger partial charge in [0.15, 0.2) is 0 Å². The highest BCUT2D eigenvalue weighted by Crippen LogP contribution is 2.32. The zero-order valence-corrected chi connectivity index (χ0v) is 16.2. The number of nitrogens with two attached hydrogens (primary N) is 1. The van der Waals surface area contributed by atoms with Crippen LogP contribution in [-0.2, 0) is 0 Å². The Labute approximate surface area is 165 Å². The molecule has 0 unspecified atom stereocenters. The molecule has 1 saturated heterocycles. The van der Waals surface area contributed by atoms with E-state index in [1.54, 1.807) is 36.3 Å². The van der Waals surface area contributed by atoms with Crippen LogP contribution in [0.4, 0.5) is 5.69 Å². The molecule has 2 amide bonds. The molecule has 28 heavy (non-hydrogen) atoms. The van der Waals surface area contributed by atoms with Gasteiger partial charge in [0.1, 0.15) is 15.5 Å². The average molecular weight is 397 g/mol. The lowest BCUT2D eigenvalue weighted by Crippen LogP contribution is -2.60. The minimum absolute atomic E-state index is 0.0692. The van der Waals surface area contributed by atoms with Crippen molar-refractivity contribution in [1.29, 1.82) is 0 Å². The summed E-state index contributed by atoms with van der Waals surface area (Å²) < 4.78 is 5.10. The smallest absolute Gasteiger partial charge is 0.263 e. The molecule has 0 saturated carbocycles. The minimum Gasteiger partial charge on any atom is -0.497 e. The summed E-state index contributed by atoms with van der Waals surface area (Å²) in [5, 5.41) is 11.8. The first-order valence-electron chi connectivity index (χ1n) is 8.72. The highest BCUT2D eigenvalue weighted by molar-refractivity contribution is 7.21. The Morgan fingerprint density at radius 2 is 1.96 bits per heavy atom. The molecule has 0 spiro atoms. The number of rotatable bonds is 4. The molecule has 4 rings (SSSR count). The maximum atomic E-state index is 12.6. The number of thiophene rings is 1. The Balaban J connectivity index is 1.38. The predicted octanol–water partition coefficient (Wildman–Crippen LogP) is 1.84. The van der Waals surface area contributed by atoms with Crippen molar-refractivity contribution in [2.75, 3.05) is 25.9 Å². The molecule has 8 nitrogen and oxygen atoms in total. The number of nitrogens with zero attached hydrogens (tertiary/aromatic N) is 3. The molecule has 0 aliphatic carbocycles. The van der Waals surface area contributed by atoms with Gasteiger partial charge in [-0.3, -0.25) is 9.59 Å². The first kappa shape index (κ1) is 18.2. The fraction of sp³-hybridized carbons (Fsp3) is 0.263. The normalized spacial score (nSPS) is 14.0. The molecule has 3 N–H and O–H groups in total. The Bertz CT molecular complexity index is 1060. The maximum Gasteiger partial charge on any atom is 0.263 e. The Morgan fingerprint density at radius 1 is 1.25 bits per heavy atom. The number of hydrogen-bond donors (Lipinski definition) is 2. The van der Waals surface area contributed by atoms with E-state index in [1.807, 2.05) is 13.0 Å². The zero-order valence-electron chi connectivity index (χ0n) is 15.4. The monoisotopic (exact) mass is 397 g/mol. The van der Waals surface area contributed by atoms with Gasteiger partial charge in [-0.1, -0.05) is 0 Å². The number of aryl methyl sites for hydroxylation is 1. The molecule has 3 heterocycles. The van der Waals surface area contributed by atoms with Crippen molar-refractivity contribution in [2.45, 2.75) is 13.0 Å². The van der Waals surface area contributed by atoms with E-state index in [1.165, 1.54) is 11.3 Å². The Morgan fingerprint density at radius 3 is 2.64 bits per heavy atom. The number of anilines is 1. The number of ether oxygens (including phenoxy) is 1. The number of methoxy groups -OCH3 is 1. The highest BCUT2D eigenvalue weighted by Gasteiger charge is 2.33. The number of nitrogen functional groups attached to an aromatic ring is 1. The van der Waals surface area contributed by atoms with Crippen LogP contribution in [0.25, 0.3) is 10.2 Å². The summed E-state index contributed by atoms with van der Waals surface area (Å²) in [7, 11) is 1.58. The number of aromatic nitrogens is 2. The summed E-state index contributed by atoms with van der Waals surface area (Å²) in [5.74, 6) is 0.381. The van der Waals surface area contributed by atoms with E-state index >= 15 is 0 Å². The molecule has 1 aromatic carbocycles. The van der Waals surface area contributed by atoms with Gasteiger partial charge in [-0.25, -0.2) is 0 Å². The van der Waals surface area contributed by atoms with E-state index in [9.17, 15) is 9.59 Å². The predicted molar refractivity (Wildman–Crippen MR) is 107 cm³/mol. The number of amides is 2. The fourth-order valence-electron chi connectivity index (χ4n) is 3.09. The number of carbonyl (C=O) groups excluding carboxylic acids is 2. The van der Waals surface area contributed by atoms with E-state index in [4.69, 9.17) is 10.5 Å². The number of carbonyl (C=O) groups is 2. The van der Waals surface area contributed by atoms with Gasteiger partial charge in [0.25, 0.3) is 11.8 Å². The lowest BCUT2D eigenvalue weighted by atomic mass is 10.1. The third-order valence-electron chi connectivity index (χ3n) is 4.66. The van der Waals surface area contributed by atoms with Crippen LogP contribution in [-0.4, -0.2) is 53.2 Å². The van der Waals surface area contributed by atoms with E-state index in [-0.39, 0.29) is 17.9 Å². The van der Waals surface area contributed by atoms with Crippen LogP contribution >= 0.6 is 11.3 Å². The summed E-state index contributed by atoms with van der Waals surface area (Å²) in [4.78, 5) is 27.8. The second kappa shape index (κ2) is 7.08. The molecule has 144 valence electrons. The number of likely N-dealkylation sites (tertiary alicyclic amines) is 1. The second-order valence-corrected chi connectivity index (χ2v) is 7.66. The quantitative estimate of drug-likeness (QED) is 0.695. The third-order valence-corrected chi connectivity index (χ3v) is 5.77. The molecule has 9 heteroatoms. The molecule has 0 radical (unpaired) electrons. The topological polar surface area (TPSA) is 110 Å². The summed E-state index contributed by atoms with van der Waals surface area (Å²) >= 11 is 1.22. The number of nitrogens with one attached hydrogen (secondary N) is 1. The van der Waals surface area contributed by atoms with Crippen LogP contribution in [0.2, 0.25) is 0 Å². The van der Waals surface area contributed by atoms with Crippen molar-refractivity contribution in [3.63, 3.8) is 0 Å². The van der Waals surface area contributed by atoms with Crippen molar-refractivity contribution < 1.29 is 14.3 Å². The summed E-state index contributed by atoms with van der Waals surface area (Å²) in [5.41, 5.74) is 7.88. The number of benzene rings is 1. The van der Waals surface area contributed by atoms with Crippen LogP contribution in [0.15, 0.2) is 30.3 Å². The van der Waals surface area contributed by atoms with Gasteiger partial charge >= 0.3 is 0 Å². The van der Waals surface area contributed by atoms with E-state index < -0.39 is 0 Å². The molecule has 1 aliphatic heterocycles. The van der Waals surface area contributed by atoms with Crippen LogP contribution < -0.4 is 15.8 Å². The lowest BCUT2D eigenvalue weighted by molar-refractivity contribution is 0.0543. The van der Waals surface area contributed by atoms with Crippen molar-refractivity contribution in [3.05, 3.63) is 46.5 Å². The summed E-state index contributed by atoms with van der Waals surface area (Å²) in [6.45, 7) is 2.74. The van der Waals surface area contributed by atoms with Gasteiger partial charge in [0.05, 0.1) is 24.5 Å². The Hall–Kier alpha value is -3.20. The van der Waals surface area contributed by atoms with Gasteiger partial charge in [0.2, 0.25) is 0 Å². The molecule has 0 atom stereocenters. The number of hydrogen-bond acceptors (Lipinski definition) is 7. The van der Waals surface area contributed by atoms with Crippen LogP contribution in [0.1, 0.15) is 25.7 Å². The summed E-state index contributed by atoms with van der Waals surface area (Å²) in [6, 6.07) is 8.68. The first-order valence-corrected chi connectivity index (χ1v) is 9.54. The van der Waals surface area contributed by atoms with Crippen LogP contribution in [0.3, 0.4) is 0 Å². The van der Waals surface area contributed by atoms with Crippen LogP contribution in [0, 0.1) is 6.92 Å². The second-order valence-electron chi connectivity index (χ2n) is 6.66. The van der Waals surface area contributed by atoms with Crippen molar-refractivity contribution in [3.8, 4) is 5.75 Å². The van der Waals surface area contributed by atoms with E-state index in [2.05, 4.69) is 15.5 Å². The van der Waals surface area contributed by atoms with Gasteiger partial charge < -0.3 is 20.7 Å². The minimum atomic E-state index is -0.250. The van der Waals surface area contributed by atoms with E-state index in [0.717, 1.165) is 11.1 Å². The maximum absolute atomic E-state index is 12.6. The molecule has 3 aromatic rings. The molecule has 1 fully saturated rings. The molecule has 2 aromatic heterocycles. The SMILES string of the molecule is COc1ccc(C(=O)N2CC(NC(=O)c3sc4nnc(C)cc4c3N)C2)cc1. The standard InChI is InChI=1S/C19H19N5O3S/c1-10-7-14-15(20)16(28-18(14)23-22-10)17(25)21-12-8-24(9-12)19(26)11-3-5-13(27-2)6-4-11/h3-7,12H,8-9,20H2,1-2H3,(H,21,25). The molecular formula is C19H19N5O3S. The average Bonchev–Trinajstić information content (AvgIpc) is 3.00. The largest absolute Gasteiger partial charge is 0.497 e. The van der Waals surface area contributed by atoms with Gasteiger partial charge in [-0.15, -0.1) is 16.4 Å². The fourth-order valence-corrected chi connectivity index (χ4v) is 4.02. The highest BCUT2D eigenvalue weighted by atomic mass is 32.1. The molecular weight excluding hydrogens is 378 g/mol.